The van der Waals surface area contributed by atoms with Crippen LogP contribution in [0.25, 0.3) is 0 Å². The van der Waals surface area contributed by atoms with E-state index in [2.05, 4.69) is 55.3 Å². The summed E-state index contributed by atoms with van der Waals surface area (Å²) in [5.41, 5.74) is 0. The maximum atomic E-state index is 4.20. The molecular weight excluding hydrogens is 339 g/mol. The van der Waals surface area contributed by atoms with Crippen LogP contribution in [0.2, 0.25) is 0 Å². The van der Waals surface area contributed by atoms with Gasteiger partial charge in [-0.15, -0.1) is 24.0 Å². The second-order valence-electron chi connectivity index (χ2n) is 5.18. The summed E-state index contributed by atoms with van der Waals surface area (Å²) < 4.78 is 0. The molecule has 4 nitrogen and oxygen atoms in total. The zero-order chi connectivity index (χ0) is 13.3. The Morgan fingerprint density at radius 3 is 2.11 bits per heavy atom. The molecule has 18 heavy (non-hydrogen) atoms. The third kappa shape index (κ3) is 11.1. The number of aliphatic imine (C=N–C) groups is 1. The van der Waals surface area contributed by atoms with Crippen molar-refractivity contribution in [1.29, 1.82) is 0 Å². The van der Waals surface area contributed by atoms with Gasteiger partial charge in [-0.25, -0.2) is 0 Å². The van der Waals surface area contributed by atoms with Crippen LogP contribution in [0.1, 0.15) is 34.1 Å². The maximum Gasteiger partial charge on any atom is 0.191 e. The van der Waals surface area contributed by atoms with Crippen molar-refractivity contribution in [1.82, 2.24) is 15.5 Å². The van der Waals surface area contributed by atoms with Crippen molar-refractivity contribution in [3.63, 3.8) is 0 Å². The van der Waals surface area contributed by atoms with Gasteiger partial charge in [0.15, 0.2) is 5.96 Å². The van der Waals surface area contributed by atoms with E-state index in [1.54, 1.807) is 0 Å². The summed E-state index contributed by atoms with van der Waals surface area (Å²) in [6, 6.07) is 0.590. The van der Waals surface area contributed by atoms with E-state index < -0.39 is 0 Å². The SMILES string of the molecule is CN=C(NCCC(C)C)NCCN(C)C(C)C.I. The minimum atomic E-state index is 0. The molecule has 0 saturated carbocycles. The van der Waals surface area contributed by atoms with Crippen molar-refractivity contribution in [2.24, 2.45) is 10.9 Å². The molecule has 0 aromatic heterocycles. The lowest BCUT2D eigenvalue weighted by atomic mass is 10.1. The van der Waals surface area contributed by atoms with E-state index >= 15 is 0 Å². The summed E-state index contributed by atoms with van der Waals surface area (Å²) >= 11 is 0. The van der Waals surface area contributed by atoms with Crippen LogP contribution in [-0.2, 0) is 0 Å². The number of rotatable bonds is 7. The van der Waals surface area contributed by atoms with Gasteiger partial charge in [-0.2, -0.15) is 0 Å². The minimum Gasteiger partial charge on any atom is -0.356 e. The Morgan fingerprint density at radius 1 is 1.11 bits per heavy atom. The third-order valence-corrected chi connectivity index (χ3v) is 2.88. The van der Waals surface area contributed by atoms with E-state index in [1.807, 2.05) is 7.05 Å². The summed E-state index contributed by atoms with van der Waals surface area (Å²) in [7, 11) is 3.96. The molecular formula is C13H31IN4. The van der Waals surface area contributed by atoms with E-state index in [0.717, 1.165) is 31.5 Å². The first-order valence-electron chi connectivity index (χ1n) is 6.62. The van der Waals surface area contributed by atoms with E-state index in [9.17, 15) is 0 Å². The molecule has 0 amide bonds. The summed E-state index contributed by atoms with van der Waals surface area (Å²) in [6.07, 6.45) is 1.17. The molecule has 110 valence electrons. The van der Waals surface area contributed by atoms with Crippen LogP contribution in [0.3, 0.4) is 0 Å². The van der Waals surface area contributed by atoms with Crippen molar-refractivity contribution in [2.45, 2.75) is 40.2 Å². The third-order valence-electron chi connectivity index (χ3n) is 2.88. The molecule has 0 aliphatic carbocycles. The van der Waals surface area contributed by atoms with E-state index in [1.165, 1.54) is 6.42 Å². The molecule has 0 aromatic carbocycles. The summed E-state index contributed by atoms with van der Waals surface area (Å²) in [5, 5.41) is 6.65. The molecule has 0 fully saturated rings. The van der Waals surface area contributed by atoms with Gasteiger partial charge in [0.25, 0.3) is 0 Å². The highest BCUT2D eigenvalue weighted by Gasteiger charge is 2.03. The Kier molecular flexibility index (Phi) is 13.5. The van der Waals surface area contributed by atoms with Crippen molar-refractivity contribution >= 4 is 29.9 Å². The molecule has 0 spiro atoms. The Labute approximate surface area is 130 Å². The maximum absolute atomic E-state index is 4.20. The molecule has 5 heteroatoms. The van der Waals surface area contributed by atoms with Crippen LogP contribution < -0.4 is 10.6 Å². The molecule has 0 bridgehead atoms. The van der Waals surface area contributed by atoms with Crippen LogP contribution in [0.4, 0.5) is 0 Å². The smallest absolute Gasteiger partial charge is 0.191 e. The summed E-state index contributed by atoms with van der Waals surface area (Å²) in [6.45, 7) is 11.8. The fourth-order valence-electron chi connectivity index (χ4n) is 1.31. The fraction of sp³-hybridized carbons (Fsp3) is 0.923. The van der Waals surface area contributed by atoms with Gasteiger partial charge in [0.1, 0.15) is 0 Å². The van der Waals surface area contributed by atoms with Gasteiger partial charge in [-0.1, -0.05) is 13.8 Å². The number of halogens is 1. The minimum absolute atomic E-state index is 0. The van der Waals surface area contributed by atoms with Gasteiger partial charge >= 0.3 is 0 Å². The standard InChI is InChI=1S/C13H30N4.HI/c1-11(2)7-8-15-13(14-5)16-9-10-17(6)12(3)4;/h11-12H,7-10H2,1-6H3,(H2,14,15,16);1H. The van der Waals surface area contributed by atoms with Crippen molar-refractivity contribution in [2.75, 3.05) is 33.7 Å². The van der Waals surface area contributed by atoms with Crippen LogP contribution >= 0.6 is 24.0 Å². The quantitative estimate of drug-likeness (QED) is 0.410. The van der Waals surface area contributed by atoms with Gasteiger partial charge in [0.05, 0.1) is 0 Å². The van der Waals surface area contributed by atoms with Crippen LogP contribution in [-0.4, -0.2) is 50.6 Å². The zero-order valence-corrected chi connectivity index (χ0v) is 15.1. The molecule has 0 aliphatic rings. The van der Waals surface area contributed by atoms with Crippen molar-refractivity contribution < 1.29 is 0 Å². The summed E-state index contributed by atoms with van der Waals surface area (Å²) in [4.78, 5) is 6.52. The molecule has 0 unspecified atom stereocenters. The van der Waals surface area contributed by atoms with Crippen molar-refractivity contribution in [3.05, 3.63) is 0 Å². The molecule has 0 rings (SSSR count). The Hall–Kier alpha value is -0.0400. The predicted molar refractivity (Wildman–Crippen MR) is 92.0 cm³/mol. The Balaban J connectivity index is 0. The number of nitrogens with zero attached hydrogens (tertiary/aromatic N) is 2. The number of nitrogens with one attached hydrogen (secondary N) is 2. The Bertz CT molecular complexity index is 217. The number of hydrogen-bond acceptors (Lipinski definition) is 2. The molecule has 0 aromatic rings. The van der Waals surface area contributed by atoms with Crippen molar-refractivity contribution in [3.8, 4) is 0 Å². The normalized spacial score (nSPS) is 11.9. The lowest BCUT2D eigenvalue weighted by molar-refractivity contribution is 0.278. The first kappa shape index (κ1) is 20.3. The monoisotopic (exact) mass is 370 g/mol. The van der Waals surface area contributed by atoms with E-state index in [-0.39, 0.29) is 24.0 Å². The lowest BCUT2D eigenvalue weighted by Crippen LogP contribution is -2.42. The molecule has 0 radical (unpaired) electrons. The van der Waals surface area contributed by atoms with Gasteiger partial charge in [0, 0.05) is 32.7 Å². The highest BCUT2D eigenvalue weighted by Crippen LogP contribution is 1.96. The van der Waals surface area contributed by atoms with E-state index in [0.29, 0.717) is 6.04 Å². The number of likely N-dealkylation sites (N-methyl/N-ethyl adjacent to an activating group) is 1. The topological polar surface area (TPSA) is 39.7 Å². The fourth-order valence-corrected chi connectivity index (χ4v) is 1.31. The molecule has 0 atom stereocenters. The van der Waals surface area contributed by atoms with Gasteiger partial charge < -0.3 is 15.5 Å². The number of hydrogen-bond donors (Lipinski definition) is 2. The molecule has 2 N–H and O–H groups in total. The molecule has 0 saturated heterocycles. The largest absolute Gasteiger partial charge is 0.356 e. The van der Waals surface area contributed by atoms with Gasteiger partial charge in [-0.3, -0.25) is 4.99 Å². The van der Waals surface area contributed by atoms with Crippen LogP contribution in [0.5, 0.6) is 0 Å². The molecule has 0 aliphatic heterocycles. The molecule has 0 heterocycles. The van der Waals surface area contributed by atoms with Gasteiger partial charge in [0.2, 0.25) is 0 Å². The second-order valence-corrected chi connectivity index (χ2v) is 5.18. The van der Waals surface area contributed by atoms with E-state index in [4.69, 9.17) is 0 Å². The zero-order valence-electron chi connectivity index (χ0n) is 12.8. The number of guanidine groups is 1. The highest BCUT2D eigenvalue weighted by atomic mass is 127. The van der Waals surface area contributed by atoms with Crippen LogP contribution in [0, 0.1) is 5.92 Å². The van der Waals surface area contributed by atoms with Gasteiger partial charge in [-0.05, 0) is 33.2 Å². The lowest BCUT2D eigenvalue weighted by Gasteiger charge is -2.21. The average Bonchev–Trinajstić information content (AvgIpc) is 2.26. The Morgan fingerprint density at radius 2 is 1.67 bits per heavy atom. The first-order valence-corrected chi connectivity index (χ1v) is 6.62. The average molecular weight is 370 g/mol. The predicted octanol–water partition coefficient (Wildman–Crippen LogP) is 2.16. The second kappa shape index (κ2) is 12.0. The van der Waals surface area contributed by atoms with Crippen LogP contribution in [0.15, 0.2) is 4.99 Å². The summed E-state index contributed by atoms with van der Waals surface area (Å²) in [5.74, 6) is 1.63. The first-order chi connectivity index (χ1) is 7.97. The highest BCUT2D eigenvalue weighted by molar-refractivity contribution is 14.0.